The summed E-state index contributed by atoms with van der Waals surface area (Å²) < 4.78 is 30.8. The van der Waals surface area contributed by atoms with Gasteiger partial charge in [-0.2, -0.15) is 5.26 Å². The van der Waals surface area contributed by atoms with Crippen LogP contribution in [0, 0.1) is 23.0 Å². The zero-order chi connectivity index (χ0) is 33.5. The van der Waals surface area contributed by atoms with Gasteiger partial charge in [-0.1, -0.05) is 52.1 Å². The lowest BCUT2D eigenvalue weighted by Crippen LogP contribution is -2.46. The van der Waals surface area contributed by atoms with Crippen LogP contribution >= 0.6 is 34.8 Å². The number of pyridine rings is 1. The summed E-state index contributed by atoms with van der Waals surface area (Å²) >= 11 is 18.8. The van der Waals surface area contributed by atoms with E-state index < -0.39 is 22.7 Å². The van der Waals surface area contributed by atoms with E-state index in [-0.39, 0.29) is 28.5 Å². The van der Waals surface area contributed by atoms with Crippen LogP contribution in [0.1, 0.15) is 62.5 Å². The third-order valence-electron chi connectivity index (χ3n) is 8.47. The van der Waals surface area contributed by atoms with Crippen molar-refractivity contribution in [1.82, 2.24) is 24.9 Å². The van der Waals surface area contributed by atoms with Crippen LogP contribution < -0.4 is 10.6 Å². The molecule has 3 heterocycles. The summed E-state index contributed by atoms with van der Waals surface area (Å²) in [6.45, 7) is 8.64. The molecule has 5 aromatic rings. The molecule has 1 saturated heterocycles. The summed E-state index contributed by atoms with van der Waals surface area (Å²) in [5.74, 6) is -1.89. The molecule has 0 unspecified atom stereocenters. The highest BCUT2D eigenvalue weighted by Gasteiger charge is 2.29. The zero-order valence-corrected chi connectivity index (χ0v) is 28.1. The molecule has 0 amide bonds. The Labute approximate surface area is 286 Å². The molecule has 47 heavy (non-hydrogen) atoms. The van der Waals surface area contributed by atoms with Crippen LogP contribution in [-0.2, 0) is 0 Å². The number of nitrogens with one attached hydrogen (secondary N) is 2. The fourth-order valence-electron chi connectivity index (χ4n) is 5.87. The minimum absolute atomic E-state index is 0.112. The van der Waals surface area contributed by atoms with Crippen molar-refractivity contribution in [1.29, 1.82) is 5.26 Å². The van der Waals surface area contributed by atoms with Gasteiger partial charge in [0.1, 0.15) is 22.6 Å². The number of aromatic nitrogens is 4. The number of hydrogen-bond acceptors (Lipinski definition) is 7. The number of nitrogens with zero attached hydrogens (tertiary/aromatic N) is 6. The highest BCUT2D eigenvalue weighted by Crippen LogP contribution is 2.38. The molecule has 0 spiro atoms. The van der Waals surface area contributed by atoms with E-state index >= 15 is 0 Å². The maximum atomic E-state index is 14.9. The average Bonchev–Trinajstić information content (AvgIpc) is 3.54. The molecule has 2 aromatic heterocycles. The number of rotatable bonds is 7. The Morgan fingerprint density at radius 3 is 2.43 bits per heavy atom. The topological polar surface area (TPSA) is 94.7 Å². The van der Waals surface area contributed by atoms with Crippen molar-refractivity contribution < 1.29 is 8.78 Å². The Hall–Kier alpha value is -4.01. The lowest BCUT2D eigenvalue weighted by atomic mass is 9.98. The Kier molecular flexibility index (Phi) is 9.27. The molecule has 8 nitrogen and oxygen atoms in total. The van der Waals surface area contributed by atoms with Gasteiger partial charge in [0.2, 0.25) is 0 Å². The minimum atomic E-state index is -0.990. The lowest BCUT2D eigenvalue weighted by molar-refractivity contribution is 0.0866. The van der Waals surface area contributed by atoms with Gasteiger partial charge in [-0.05, 0) is 75.6 Å². The van der Waals surface area contributed by atoms with E-state index in [1.807, 2.05) is 23.0 Å². The fourth-order valence-corrected chi connectivity index (χ4v) is 6.43. The van der Waals surface area contributed by atoms with Crippen LogP contribution in [0.5, 0.6) is 0 Å². The quantitative estimate of drug-likeness (QED) is 0.164. The van der Waals surface area contributed by atoms with Crippen LogP contribution in [0.25, 0.3) is 10.9 Å². The molecule has 1 atom stereocenters. The molecule has 0 aliphatic carbocycles. The summed E-state index contributed by atoms with van der Waals surface area (Å²) in [4.78, 5) is 6.87. The normalized spacial score (nSPS) is 15.0. The van der Waals surface area contributed by atoms with Crippen molar-refractivity contribution in [2.24, 2.45) is 0 Å². The van der Waals surface area contributed by atoms with Crippen LogP contribution in [0.4, 0.5) is 25.8 Å². The smallest absolute Gasteiger partial charge is 0.168 e. The Bertz CT molecular complexity index is 1980. The summed E-state index contributed by atoms with van der Waals surface area (Å²) in [7, 11) is 0. The van der Waals surface area contributed by atoms with E-state index in [9.17, 15) is 14.0 Å². The number of fused-ring (bicyclic) bond motifs is 1. The second kappa shape index (κ2) is 13.2. The third kappa shape index (κ3) is 6.85. The van der Waals surface area contributed by atoms with Crippen molar-refractivity contribution in [2.45, 2.75) is 51.2 Å². The minimum Gasteiger partial charge on any atom is -0.373 e. The van der Waals surface area contributed by atoms with Gasteiger partial charge < -0.3 is 10.6 Å². The van der Waals surface area contributed by atoms with Gasteiger partial charge in [0.25, 0.3) is 0 Å². The molecule has 242 valence electrons. The van der Waals surface area contributed by atoms with Crippen LogP contribution in [-0.4, -0.2) is 43.5 Å². The lowest BCUT2D eigenvalue weighted by Gasteiger charge is -2.40. The fraction of sp³-hybridized carbons (Fsp3) is 0.294. The molecular formula is C34H31Cl3F2N8. The number of nitriles is 1. The molecule has 13 heteroatoms. The number of benzene rings is 3. The van der Waals surface area contributed by atoms with Gasteiger partial charge >= 0.3 is 0 Å². The predicted molar refractivity (Wildman–Crippen MR) is 183 cm³/mol. The Balaban J connectivity index is 1.37. The Morgan fingerprint density at radius 2 is 1.74 bits per heavy atom. The van der Waals surface area contributed by atoms with Crippen molar-refractivity contribution in [3.8, 4) is 6.07 Å². The molecule has 1 aliphatic rings. The van der Waals surface area contributed by atoms with Gasteiger partial charge in [0.05, 0.1) is 45.8 Å². The first-order chi connectivity index (χ1) is 22.4. The summed E-state index contributed by atoms with van der Waals surface area (Å²) in [6, 6.07) is 15.0. The van der Waals surface area contributed by atoms with Crippen LogP contribution in [0.2, 0.25) is 15.1 Å². The first-order valence-corrected chi connectivity index (χ1v) is 16.2. The van der Waals surface area contributed by atoms with E-state index in [1.165, 1.54) is 12.3 Å². The van der Waals surface area contributed by atoms with Crippen molar-refractivity contribution in [3.63, 3.8) is 0 Å². The second-order valence-corrected chi connectivity index (χ2v) is 13.7. The van der Waals surface area contributed by atoms with Crippen molar-refractivity contribution in [2.75, 3.05) is 23.7 Å². The van der Waals surface area contributed by atoms with Gasteiger partial charge in [0, 0.05) is 40.9 Å². The van der Waals surface area contributed by atoms with E-state index in [0.29, 0.717) is 32.3 Å². The number of likely N-dealkylation sites (tertiary alicyclic amines) is 1. The molecule has 0 bridgehead atoms. The summed E-state index contributed by atoms with van der Waals surface area (Å²) in [5, 5.41) is 26.1. The molecule has 0 saturated carbocycles. The van der Waals surface area contributed by atoms with E-state index in [2.05, 4.69) is 57.7 Å². The highest BCUT2D eigenvalue weighted by molar-refractivity contribution is 6.36. The number of anilines is 3. The van der Waals surface area contributed by atoms with Gasteiger partial charge in [-0.3, -0.25) is 9.88 Å². The highest BCUT2D eigenvalue weighted by atomic mass is 35.5. The van der Waals surface area contributed by atoms with Gasteiger partial charge in [0.15, 0.2) is 5.82 Å². The SMILES string of the molecule is CC(C)(C)N1CCC(n2cc([C@@H](Nc3cc(Cl)c4ncc(C#N)c(Nc5ccc(F)c(Cl)c5F)c4c3)c3ccc(Cl)cc3)nn2)CC1. The van der Waals surface area contributed by atoms with E-state index in [1.54, 1.807) is 24.3 Å². The molecule has 1 fully saturated rings. The molecular weight excluding hydrogens is 665 g/mol. The average molecular weight is 696 g/mol. The van der Waals surface area contributed by atoms with Crippen LogP contribution in [0.3, 0.4) is 0 Å². The van der Waals surface area contributed by atoms with Gasteiger partial charge in [-0.25, -0.2) is 13.5 Å². The number of piperidine rings is 1. The molecule has 2 N–H and O–H groups in total. The maximum absolute atomic E-state index is 14.9. The van der Waals surface area contributed by atoms with Crippen molar-refractivity contribution >= 4 is 62.8 Å². The van der Waals surface area contributed by atoms with E-state index in [4.69, 9.17) is 34.8 Å². The third-order valence-corrected chi connectivity index (χ3v) is 9.35. The summed E-state index contributed by atoms with van der Waals surface area (Å²) in [6.07, 6.45) is 5.23. The molecule has 1 aliphatic heterocycles. The standard InChI is InChI=1S/C34H31Cl3F2N8/c1-34(2,3)46-12-10-23(11-13-46)47-18-28(44-45-47)32(19-4-6-21(35)7-5-19)42-22-14-24-31(20(16-40)17-41-33(24)25(36)15-22)43-27-9-8-26(38)29(37)30(27)39/h4-9,14-15,17-18,23,32,42H,10-13H2,1-3H3,(H,41,43)/t32-/m0/s1. The van der Waals surface area contributed by atoms with Gasteiger partial charge in [-0.15, -0.1) is 5.10 Å². The Morgan fingerprint density at radius 1 is 1.02 bits per heavy atom. The maximum Gasteiger partial charge on any atom is 0.168 e. The molecule has 3 aromatic carbocycles. The van der Waals surface area contributed by atoms with Crippen molar-refractivity contribution in [3.05, 3.63) is 104 Å². The van der Waals surface area contributed by atoms with Crippen LogP contribution in [0.15, 0.2) is 60.9 Å². The summed E-state index contributed by atoms with van der Waals surface area (Å²) in [5.41, 5.74) is 2.88. The predicted octanol–water partition coefficient (Wildman–Crippen LogP) is 9.32. The zero-order valence-electron chi connectivity index (χ0n) is 25.8. The molecule has 6 rings (SSSR count). The largest absolute Gasteiger partial charge is 0.373 e. The van der Waals surface area contributed by atoms with E-state index in [0.717, 1.165) is 37.6 Å². The molecule has 0 radical (unpaired) electrons. The second-order valence-electron chi connectivity index (χ2n) is 12.5. The number of halogens is 5. The first kappa shape index (κ1) is 32.9. The monoisotopic (exact) mass is 694 g/mol. The first-order valence-electron chi connectivity index (χ1n) is 15.0. The number of hydrogen-bond donors (Lipinski definition) is 2.